The molecule has 1 unspecified atom stereocenters. The average Bonchev–Trinajstić information content (AvgIpc) is 2.30. The van der Waals surface area contributed by atoms with E-state index in [4.69, 9.17) is 11.2 Å². The van der Waals surface area contributed by atoms with Crippen molar-refractivity contribution in [3.05, 3.63) is 54.7 Å². The van der Waals surface area contributed by atoms with Gasteiger partial charge in [-0.25, -0.2) is 0 Å². The first-order valence-electron chi connectivity index (χ1n) is 4.30. The number of nitrogens with zero attached hydrogens (tertiary/aromatic N) is 1. The lowest BCUT2D eigenvalue weighted by Gasteiger charge is -2.07. The first-order chi connectivity index (χ1) is 6.88. The summed E-state index contributed by atoms with van der Waals surface area (Å²) in [7, 11) is -0.810. The van der Waals surface area contributed by atoms with Crippen LogP contribution in [0.1, 0.15) is 0 Å². The second kappa shape index (κ2) is 4.54. The molecular formula is C11H9ClNP. The zero-order valence-electron chi connectivity index (χ0n) is 7.47. The monoisotopic (exact) mass is 221 g/mol. The van der Waals surface area contributed by atoms with Crippen LogP contribution in [0.3, 0.4) is 0 Å². The molecule has 0 aliphatic rings. The standard InChI is InChI=1S/C11H9ClNP/c12-14(10-6-2-1-3-7-10)11-8-4-5-9-13-11/h1-9H. The molecule has 1 aromatic heterocycles. The van der Waals surface area contributed by atoms with E-state index in [1.54, 1.807) is 6.20 Å². The largest absolute Gasteiger partial charge is 0.255 e. The number of pyridine rings is 1. The van der Waals surface area contributed by atoms with E-state index in [-0.39, 0.29) is 0 Å². The fourth-order valence-electron chi connectivity index (χ4n) is 1.16. The maximum Gasteiger partial charge on any atom is 0.0832 e. The van der Waals surface area contributed by atoms with Crippen molar-refractivity contribution in [2.45, 2.75) is 0 Å². The fourth-order valence-corrected chi connectivity index (χ4v) is 2.88. The first-order valence-corrected chi connectivity index (χ1v) is 6.54. The highest BCUT2D eigenvalue weighted by Crippen LogP contribution is 2.37. The molecule has 1 heterocycles. The van der Waals surface area contributed by atoms with Crippen molar-refractivity contribution in [3.8, 4) is 0 Å². The van der Waals surface area contributed by atoms with Gasteiger partial charge in [0.1, 0.15) is 0 Å². The molecule has 1 nitrogen and oxygen atoms in total. The van der Waals surface area contributed by atoms with Gasteiger partial charge in [0.2, 0.25) is 0 Å². The predicted octanol–water partition coefficient (Wildman–Crippen LogP) is 2.67. The SMILES string of the molecule is ClP(c1ccccc1)c1ccccn1. The first kappa shape index (κ1) is 9.64. The summed E-state index contributed by atoms with van der Waals surface area (Å²) in [5.41, 5.74) is 0.954. The van der Waals surface area contributed by atoms with Crippen LogP contribution in [-0.2, 0) is 0 Å². The summed E-state index contributed by atoms with van der Waals surface area (Å²) in [5, 5.41) is 1.14. The summed E-state index contributed by atoms with van der Waals surface area (Å²) in [6, 6.07) is 15.9. The molecule has 0 fully saturated rings. The molecule has 0 bridgehead atoms. The Balaban J connectivity index is 2.30. The minimum atomic E-state index is -0.810. The minimum absolute atomic E-state index is 0.810. The molecule has 1 atom stereocenters. The maximum absolute atomic E-state index is 6.33. The second-order valence-electron chi connectivity index (χ2n) is 2.80. The van der Waals surface area contributed by atoms with Gasteiger partial charge in [0.25, 0.3) is 0 Å². The molecule has 3 heteroatoms. The van der Waals surface area contributed by atoms with E-state index in [0.29, 0.717) is 0 Å². The van der Waals surface area contributed by atoms with Gasteiger partial charge in [-0.3, -0.25) is 4.98 Å². The number of aromatic nitrogens is 1. The number of hydrogen-bond acceptors (Lipinski definition) is 1. The van der Waals surface area contributed by atoms with Crippen LogP contribution in [0.2, 0.25) is 0 Å². The number of benzene rings is 1. The molecule has 0 spiro atoms. The molecule has 0 radical (unpaired) electrons. The lowest BCUT2D eigenvalue weighted by Crippen LogP contribution is -2.10. The van der Waals surface area contributed by atoms with Crippen molar-refractivity contribution in [3.63, 3.8) is 0 Å². The van der Waals surface area contributed by atoms with Crippen molar-refractivity contribution in [2.75, 3.05) is 0 Å². The van der Waals surface area contributed by atoms with Crippen LogP contribution >= 0.6 is 18.5 Å². The summed E-state index contributed by atoms with van der Waals surface area (Å²) in [6.07, 6.45) is 1.77. The van der Waals surface area contributed by atoms with E-state index >= 15 is 0 Å². The highest BCUT2D eigenvalue weighted by molar-refractivity contribution is 7.95. The Kier molecular flexibility index (Phi) is 3.13. The van der Waals surface area contributed by atoms with Crippen LogP contribution in [0.5, 0.6) is 0 Å². The van der Waals surface area contributed by atoms with E-state index < -0.39 is 7.27 Å². The third kappa shape index (κ3) is 2.12. The molecule has 0 aliphatic carbocycles. The van der Waals surface area contributed by atoms with Crippen LogP contribution < -0.4 is 10.7 Å². The van der Waals surface area contributed by atoms with Gasteiger partial charge in [0, 0.05) is 6.20 Å². The van der Waals surface area contributed by atoms with Gasteiger partial charge in [-0.15, -0.1) is 0 Å². The Bertz CT molecular complexity index is 351. The van der Waals surface area contributed by atoms with E-state index in [1.165, 1.54) is 0 Å². The zero-order chi connectivity index (χ0) is 9.80. The number of halogens is 1. The molecule has 0 N–H and O–H groups in total. The predicted molar refractivity (Wildman–Crippen MR) is 62.7 cm³/mol. The number of rotatable bonds is 2. The Hall–Kier alpha value is -0.910. The zero-order valence-corrected chi connectivity index (χ0v) is 9.12. The maximum atomic E-state index is 6.33. The number of hydrogen-bond donors (Lipinski definition) is 0. The molecule has 2 rings (SSSR count). The Morgan fingerprint density at radius 3 is 2.29 bits per heavy atom. The van der Waals surface area contributed by atoms with Gasteiger partial charge in [0.15, 0.2) is 0 Å². The van der Waals surface area contributed by atoms with Gasteiger partial charge in [0.05, 0.1) is 12.7 Å². The third-order valence-corrected chi connectivity index (χ3v) is 4.36. The Morgan fingerprint density at radius 1 is 0.929 bits per heavy atom. The highest BCUT2D eigenvalue weighted by Gasteiger charge is 2.10. The van der Waals surface area contributed by atoms with Crippen LogP contribution in [0.15, 0.2) is 54.7 Å². The average molecular weight is 222 g/mol. The van der Waals surface area contributed by atoms with E-state index in [9.17, 15) is 0 Å². The quantitative estimate of drug-likeness (QED) is 0.711. The van der Waals surface area contributed by atoms with Gasteiger partial charge in [-0.1, -0.05) is 47.6 Å². The highest BCUT2D eigenvalue weighted by atomic mass is 35.7. The smallest absolute Gasteiger partial charge is 0.0832 e. The molecule has 0 saturated carbocycles. The summed E-state index contributed by atoms with van der Waals surface area (Å²) < 4.78 is 0. The normalized spacial score (nSPS) is 12.4. The molecule has 70 valence electrons. The van der Waals surface area contributed by atoms with Gasteiger partial charge in [-0.2, -0.15) is 0 Å². The van der Waals surface area contributed by atoms with E-state index in [2.05, 4.69) is 4.98 Å². The van der Waals surface area contributed by atoms with E-state index in [1.807, 2.05) is 48.5 Å². The summed E-state index contributed by atoms with van der Waals surface area (Å²) in [5.74, 6) is 0. The summed E-state index contributed by atoms with van der Waals surface area (Å²) in [6.45, 7) is 0. The lowest BCUT2D eigenvalue weighted by molar-refractivity contribution is 1.39. The Morgan fingerprint density at radius 2 is 1.64 bits per heavy atom. The van der Waals surface area contributed by atoms with Crippen LogP contribution in [0.4, 0.5) is 0 Å². The molecule has 2 aromatic rings. The van der Waals surface area contributed by atoms with Crippen LogP contribution in [0.25, 0.3) is 0 Å². The molecule has 14 heavy (non-hydrogen) atoms. The van der Waals surface area contributed by atoms with Crippen molar-refractivity contribution in [1.29, 1.82) is 0 Å². The van der Waals surface area contributed by atoms with Crippen molar-refractivity contribution < 1.29 is 0 Å². The topological polar surface area (TPSA) is 12.9 Å². The van der Waals surface area contributed by atoms with Crippen molar-refractivity contribution >= 4 is 29.3 Å². The van der Waals surface area contributed by atoms with Gasteiger partial charge in [-0.05, 0) is 17.4 Å². The summed E-state index contributed by atoms with van der Waals surface area (Å²) in [4.78, 5) is 4.25. The Labute approximate surface area is 89.3 Å². The van der Waals surface area contributed by atoms with E-state index in [0.717, 1.165) is 10.7 Å². The molecule has 0 aliphatic heterocycles. The molecule has 0 saturated heterocycles. The third-order valence-electron chi connectivity index (χ3n) is 1.83. The van der Waals surface area contributed by atoms with Crippen molar-refractivity contribution in [1.82, 2.24) is 4.98 Å². The van der Waals surface area contributed by atoms with Crippen LogP contribution in [-0.4, -0.2) is 4.98 Å². The van der Waals surface area contributed by atoms with Crippen molar-refractivity contribution in [2.24, 2.45) is 0 Å². The fraction of sp³-hybridized carbons (Fsp3) is 0. The lowest BCUT2D eigenvalue weighted by atomic mass is 10.4. The second-order valence-corrected chi connectivity index (χ2v) is 5.35. The van der Waals surface area contributed by atoms with Crippen LogP contribution in [0, 0.1) is 0 Å². The van der Waals surface area contributed by atoms with Gasteiger partial charge >= 0.3 is 0 Å². The summed E-state index contributed by atoms with van der Waals surface area (Å²) >= 11 is 6.33. The van der Waals surface area contributed by atoms with Gasteiger partial charge < -0.3 is 0 Å². The molecule has 1 aromatic carbocycles. The molecule has 0 amide bonds. The minimum Gasteiger partial charge on any atom is -0.255 e. The molecular weight excluding hydrogens is 213 g/mol.